The lowest BCUT2D eigenvalue weighted by Gasteiger charge is -2.18. The lowest BCUT2D eigenvalue weighted by Crippen LogP contribution is -2.25. The second-order valence-electron chi connectivity index (χ2n) is 6.89. The summed E-state index contributed by atoms with van der Waals surface area (Å²) in [6.07, 6.45) is 2.34. The largest absolute Gasteiger partial charge is 0.361 e. The van der Waals surface area contributed by atoms with Crippen molar-refractivity contribution < 1.29 is 14.1 Å². The fraction of sp³-hybridized carbons (Fsp3) is 0.261. The topological polar surface area (TPSA) is 63.4 Å². The molecule has 0 radical (unpaired) electrons. The van der Waals surface area contributed by atoms with Gasteiger partial charge in [0.2, 0.25) is 5.91 Å². The summed E-state index contributed by atoms with van der Waals surface area (Å²) >= 11 is 0. The van der Waals surface area contributed by atoms with Crippen LogP contribution in [-0.4, -0.2) is 23.9 Å². The van der Waals surface area contributed by atoms with Crippen molar-refractivity contribution >= 4 is 17.4 Å². The van der Waals surface area contributed by atoms with E-state index in [-0.39, 0.29) is 18.1 Å². The van der Waals surface area contributed by atoms with Crippen LogP contribution in [0.3, 0.4) is 0 Å². The molecule has 0 unspecified atom stereocenters. The Morgan fingerprint density at radius 1 is 1.07 bits per heavy atom. The SMILES string of the molecule is CCC(=O)N(C)c1ccc(-c2ccc(C(=O)Cc3cnoc3C)cc2)c(C)c1. The Morgan fingerprint density at radius 2 is 1.79 bits per heavy atom. The zero-order chi connectivity index (χ0) is 20.3. The molecule has 0 fully saturated rings. The Hall–Kier alpha value is -3.21. The fourth-order valence-electron chi connectivity index (χ4n) is 3.16. The molecule has 0 aliphatic rings. The number of hydrogen-bond donors (Lipinski definition) is 0. The van der Waals surface area contributed by atoms with Crippen LogP contribution in [0.25, 0.3) is 11.1 Å². The summed E-state index contributed by atoms with van der Waals surface area (Å²) < 4.78 is 5.01. The van der Waals surface area contributed by atoms with Crippen molar-refractivity contribution in [1.29, 1.82) is 0 Å². The minimum absolute atomic E-state index is 0.0321. The summed E-state index contributed by atoms with van der Waals surface area (Å²) in [7, 11) is 1.79. The van der Waals surface area contributed by atoms with Crippen molar-refractivity contribution in [1.82, 2.24) is 5.16 Å². The number of ketones is 1. The van der Waals surface area contributed by atoms with E-state index in [2.05, 4.69) is 5.16 Å². The zero-order valence-electron chi connectivity index (χ0n) is 16.7. The summed E-state index contributed by atoms with van der Waals surface area (Å²) in [6, 6.07) is 13.6. The van der Waals surface area contributed by atoms with Gasteiger partial charge in [-0.15, -0.1) is 0 Å². The molecule has 0 aliphatic carbocycles. The smallest absolute Gasteiger partial charge is 0.226 e. The normalized spacial score (nSPS) is 10.7. The van der Waals surface area contributed by atoms with Gasteiger partial charge in [0.1, 0.15) is 5.76 Å². The minimum Gasteiger partial charge on any atom is -0.361 e. The van der Waals surface area contributed by atoms with Gasteiger partial charge in [-0.1, -0.05) is 42.4 Å². The number of aromatic nitrogens is 1. The molecule has 0 aliphatic heterocycles. The molecule has 1 aromatic heterocycles. The number of hydrogen-bond acceptors (Lipinski definition) is 4. The molecule has 0 saturated carbocycles. The number of carbonyl (C=O) groups is 2. The molecule has 3 aromatic rings. The highest BCUT2D eigenvalue weighted by molar-refractivity contribution is 5.98. The van der Waals surface area contributed by atoms with E-state index in [4.69, 9.17) is 4.52 Å². The third-order valence-electron chi connectivity index (χ3n) is 4.99. The average Bonchev–Trinajstić information content (AvgIpc) is 3.11. The molecular weight excluding hydrogens is 352 g/mol. The molecule has 144 valence electrons. The van der Waals surface area contributed by atoms with Gasteiger partial charge in [-0.3, -0.25) is 9.59 Å². The Labute approximate surface area is 165 Å². The Kier molecular flexibility index (Phi) is 5.73. The number of anilines is 1. The summed E-state index contributed by atoms with van der Waals surface area (Å²) in [5, 5.41) is 3.72. The van der Waals surface area contributed by atoms with Crippen molar-refractivity contribution in [2.75, 3.05) is 11.9 Å². The summed E-state index contributed by atoms with van der Waals surface area (Å²) in [6.45, 7) is 5.68. The molecular formula is C23H24N2O3. The zero-order valence-corrected chi connectivity index (χ0v) is 16.7. The molecule has 2 aromatic carbocycles. The summed E-state index contributed by atoms with van der Waals surface area (Å²) in [4.78, 5) is 26.1. The highest BCUT2D eigenvalue weighted by atomic mass is 16.5. The molecule has 3 rings (SSSR count). The standard InChI is InChI=1S/C23H24N2O3/c1-5-23(27)25(4)20-10-11-21(15(2)12-20)17-6-8-18(9-7-17)22(26)13-19-14-24-28-16(19)3/h6-12,14H,5,13H2,1-4H3. The van der Waals surface area contributed by atoms with Gasteiger partial charge in [0, 0.05) is 36.7 Å². The van der Waals surface area contributed by atoms with Crippen LogP contribution in [0.15, 0.2) is 53.2 Å². The van der Waals surface area contributed by atoms with Crippen LogP contribution in [0, 0.1) is 13.8 Å². The molecule has 28 heavy (non-hydrogen) atoms. The summed E-state index contributed by atoms with van der Waals surface area (Å²) in [5.74, 6) is 0.787. The molecule has 0 spiro atoms. The van der Waals surface area contributed by atoms with Crippen LogP contribution in [0.4, 0.5) is 5.69 Å². The van der Waals surface area contributed by atoms with Crippen LogP contribution < -0.4 is 4.90 Å². The van der Waals surface area contributed by atoms with Gasteiger partial charge in [0.05, 0.1) is 6.20 Å². The number of nitrogens with zero attached hydrogens (tertiary/aromatic N) is 2. The second kappa shape index (κ2) is 8.21. The van der Waals surface area contributed by atoms with Gasteiger partial charge in [-0.25, -0.2) is 0 Å². The first kappa shape index (κ1) is 19.5. The number of rotatable bonds is 6. The maximum Gasteiger partial charge on any atom is 0.226 e. The van der Waals surface area contributed by atoms with Crippen molar-refractivity contribution in [3.8, 4) is 11.1 Å². The highest BCUT2D eigenvalue weighted by Gasteiger charge is 2.13. The van der Waals surface area contributed by atoms with Gasteiger partial charge in [-0.2, -0.15) is 0 Å². The first-order chi connectivity index (χ1) is 13.4. The van der Waals surface area contributed by atoms with E-state index in [1.807, 2.05) is 56.3 Å². The predicted molar refractivity (Wildman–Crippen MR) is 110 cm³/mol. The average molecular weight is 376 g/mol. The van der Waals surface area contributed by atoms with E-state index in [9.17, 15) is 9.59 Å². The molecule has 1 amide bonds. The molecule has 5 heteroatoms. The molecule has 0 bridgehead atoms. The Morgan fingerprint density at radius 3 is 2.36 bits per heavy atom. The number of benzene rings is 2. The lowest BCUT2D eigenvalue weighted by atomic mass is 9.97. The molecule has 0 N–H and O–H groups in total. The van der Waals surface area contributed by atoms with Gasteiger partial charge < -0.3 is 9.42 Å². The van der Waals surface area contributed by atoms with E-state index in [0.717, 1.165) is 27.9 Å². The number of aryl methyl sites for hydroxylation is 2. The van der Waals surface area contributed by atoms with Gasteiger partial charge >= 0.3 is 0 Å². The van der Waals surface area contributed by atoms with E-state index >= 15 is 0 Å². The van der Waals surface area contributed by atoms with Crippen LogP contribution in [0.2, 0.25) is 0 Å². The number of Topliss-reactive ketones (excluding diaryl/α,β-unsaturated/α-hetero) is 1. The maximum atomic E-state index is 12.5. The van der Waals surface area contributed by atoms with Crippen LogP contribution in [0.1, 0.15) is 40.6 Å². The van der Waals surface area contributed by atoms with Crippen molar-refractivity contribution in [2.45, 2.75) is 33.6 Å². The Balaban J connectivity index is 1.78. The Bertz CT molecular complexity index is 1000. The molecule has 5 nitrogen and oxygen atoms in total. The monoisotopic (exact) mass is 376 g/mol. The fourth-order valence-corrected chi connectivity index (χ4v) is 3.16. The number of amides is 1. The van der Waals surface area contributed by atoms with E-state index in [1.165, 1.54) is 0 Å². The van der Waals surface area contributed by atoms with Crippen molar-refractivity contribution in [3.63, 3.8) is 0 Å². The molecule has 0 atom stereocenters. The second-order valence-corrected chi connectivity index (χ2v) is 6.89. The number of carbonyl (C=O) groups excluding carboxylic acids is 2. The third-order valence-corrected chi connectivity index (χ3v) is 4.99. The van der Waals surface area contributed by atoms with Crippen LogP contribution in [-0.2, 0) is 11.2 Å². The maximum absolute atomic E-state index is 12.5. The first-order valence-corrected chi connectivity index (χ1v) is 9.31. The molecule has 0 saturated heterocycles. The first-order valence-electron chi connectivity index (χ1n) is 9.31. The molecule has 1 heterocycles. The summed E-state index contributed by atoms with van der Waals surface area (Å²) in [5.41, 5.74) is 5.54. The predicted octanol–water partition coefficient (Wildman–Crippen LogP) is 4.76. The van der Waals surface area contributed by atoms with E-state index in [1.54, 1.807) is 25.1 Å². The van der Waals surface area contributed by atoms with Gasteiger partial charge in [0.25, 0.3) is 0 Å². The minimum atomic E-state index is 0.0321. The van der Waals surface area contributed by atoms with Crippen molar-refractivity contribution in [2.24, 2.45) is 0 Å². The van der Waals surface area contributed by atoms with Crippen molar-refractivity contribution in [3.05, 3.63) is 71.1 Å². The lowest BCUT2D eigenvalue weighted by molar-refractivity contribution is -0.118. The van der Waals surface area contributed by atoms with Gasteiger partial charge in [0.15, 0.2) is 5.78 Å². The van der Waals surface area contributed by atoms with Crippen LogP contribution >= 0.6 is 0 Å². The van der Waals surface area contributed by atoms with Crippen LogP contribution in [0.5, 0.6) is 0 Å². The quantitative estimate of drug-likeness (QED) is 0.582. The van der Waals surface area contributed by atoms with E-state index in [0.29, 0.717) is 17.7 Å². The van der Waals surface area contributed by atoms with E-state index < -0.39 is 0 Å². The third kappa shape index (κ3) is 4.03. The highest BCUT2D eigenvalue weighted by Crippen LogP contribution is 2.28. The van der Waals surface area contributed by atoms with Gasteiger partial charge in [-0.05, 0) is 42.7 Å².